The van der Waals surface area contributed by atoms with E-state index in [1.165, 1.54) is 5.56 Å². The van der Waals surface area contributed by atoms with E-state index in [0.717, 1.165) is 56.6 Å². The van der Waals surface area contributed by atoms with Gasteiger partial charge in [-0.15, -0.1) is 10.2 Å². The van der Waals surface area contributed by atoms with Gasteiger partial charge in [-0.25, -0.2) is 0 Å². The van der Waals surface area contributed by atoms with E-state index >= 15 is 0 Å². The summed E-state index contributed by atoms with van der Waals surface area (Å²) in [6, 6.07) is 17.2. The lowest BCUT2D eigenvalue weighted by atomic mass is 9.93. The van der Waals surface area contributed by atoms with Gasteiger partial charge in [0, 0.05) is 23.7 Å². The first-order valence-electron chi connectivity index (χ1n) is 12.8. The fourth-order valence-corrected chi connectivity index (χ4v) is 4.93. The molecule has 0 radical (unpaired) electrons. The predicted octanol–water partition coefficient (Wildman–Crippen LogP) is 6.23. The van der Waals surface area contributed by atoms with E-state index in [-0.39, 0.29) is 17.7 Å². The normalized spacial score (nSPS) is 16.9. The molecule has 0 spiro atoms. The number of amides is 1. The smallest absolute Gasteiger partial charge is 0.413 e. The maximum atomic E-state index is 13.8. The second kappa shape index (κ2) is 11.3. The van der Waals surface area contributed by atoms with E-state index in [4.69, 9.17) is 4.42 Å². The summed E-state index contributed by atoms with van der Waals surface area (Å²) in [6.45, 7) is 3.02. The van der Waals surface area contributed by atoms with Crippen molar-refractivity contribution in [2.75, 3.05) is 13.1 Å². The monoisotopic (exact) mass is 522 g/mol. The van der Waals surface area contributed by atoms with Gasteiger partial charge in [0.05, 0.1) is 6.54 Å². The van der Waals surface area contributed by atoms with Gasteiger partial charge in [-0.3, -0.25) is 9.69 Å². The van der Waals surface area contributed by atoms with Crippen LogP contribution < -0.4 is 0 Å². The van der Waals surface area contributed by atoms with Gasteiger partial charge in [0.25, 0.3) is 0 Å². The van der Waals surface area contributed by atoms with Crippen molar-refractivity contribution in [3.05, 3.63) is 95.5 Å². The van der Waals surface area contributed by atoms with Gasteiger partial charge < -0.3 is 9.32 Å². The molecule has 1 aromatic heterocycles. The van der Waals surface area contributed by atoms with E-state index in [1.54, 1.807) is 24.3 Å². The minimum atomic E-state index is -4.69. The van der Waals surface area contributed by atoms with Crippen molar-refractivity contribution >= 4 is 5.91 Å². The number of alkyl halides is 3. The molecule has 5 rings (SSSR count). The standard InChI is InChI=1S/C29H29F3N4O2/c30-29(31,32)28-34-33-26(38-28)23-13-11-22(12-14-23)20-36(25-9-5-2-6-10-25)27(37)24-15-17-35(18-16-24)19-21-7-3-1-4-8-21/h1-5,7-9,11-14,24H,6,10,15-20H2. The van der Waals surface area contributed by atoms with Gasteiger partial charge in [-0.2, -0.15) is 13.2 Å². The zero-order chi connectivity index (χ0) is 26.5. The molecule has 0 N–H and O–H groups in total. The molecule has 1 aliphatic heterocycles. The molecule has 2 aliphatic rings. The highest BCUT2D eigenvalue weighted by Gasteiger charge is 2.38. The first kappa shape index (κ1) is 25.9. The number of aromatic nitrogens is 2. The molecule has 0 unspecified atom stereocenters. The number of benzene rings is 2. The minimum absolute atomic E-state index is 0.0488. The lowest BCUT2D eigenvalue weighted by Crippen LogP contribution is -2.42. The second-order valence-corrected chi connectivity index (χ2v) is 9.69. The molecule has 1 amide bonds. The van der Waals surface area contributed by atoms with Crippen LogP contribution in [0.3, 0.4) is 0 Å². The molecular weight excluding hydrogens is 493 g/mol. The molecule has 2 heterocycles. The Kier molecular flexibility index (Phi) is 7.74. The average molecular weight is 523 g/mol. The number of nitrogens with zero attached hydrogens (tertiary/aromatic N) is 4. The van der Waals surface area contributed by atoms with E-state index in [0.29, 0.717) is 12.1 Å². The number of carbonyl (C=O) groups excluding carboxylic acids is 1. The SMILES string of the molecule is O=C(C1CCN(Cc2ccccc2)CC1)N(Cc1ccc(-c2nnc(C(F)(F)F)o2)cc1)C1=CC=CCC1. The maximum absolute atomic E-state index is 13.8. The summed E-state index contributed by atoms with van der Waals surface area (Å²) in [5.41, 5.74) is 3.52. The molecule has 2 aromatic carbocycles. The largest absolute Gasteiger partial charge is 0.470 e. The van der Waals surface area contributed by atoms with Gasteiger partial charge in [0.15, 0.2) is 0 Å². The third kappa shape index (κ3) is 6.22. The molecule has 0 saturated carbocycles. The third-order valence-corrected chi connectivity index (χ3v) is 7.00. The van der Waals surface area contributed by atoms with Crippen LogP contribution in [0.2, 0.25) is 0 Å². The average Bonchev–Trinajstić information content (AvgIpc) is 3.45. The Morgan fingerprint density at radius 1 is 1.00 bits per heavy atom. The predicted molar refractivity (Wildman–Crippen MR) is 136 cm³/mol. The van der Waals surface area contributed by atoms with Crippen LogP contribution >= 0.6 is 0 Å². The quantitative estimate of drug-likeness (QED) is 0.368. The lowest BCUT2D eigenvalue weighted by Gasteiger charge is -2.35. The Morgan fingerprint density at radius 2 is 1.74 bits per heavy atom. The highest BCUT2D eigenvalue weighted by atomic mass is 19.4. The Hall–Kier alpha value is -3.72. The van der Waals surface area contributed by atoms with E-state index in [2.05, 4.69) is 33.3 Å². The summed E-state index contributed by atoms with van der Waals surface area (Å²) >= 11 is 0. The molecule has 6 nitrogen and oxygen atoms in total. The number of halogens is 3. The van der Waals surface area contributed by atoms with Gasteiger partial charge in [0.2, 0.25) is 11.8 Å². The van der Waals surface area contributed by atoms with E-state index < -0.39 is 12.1 Å². The van der Waals surface area contributed by atoms with Crippen LogP contribution in [0.1, 0.15) is 42.7 Å². The Morgan fingerprint density at radius 3 is 2.37 bits per heavy atom. The first-order valence-corrected chi connectivity index (χ1v) is 12.8. The fraction of sp³-hybridized carbons (Fsp3) is 0.345. The molecule has 9 heteroatoms. The summed E-state index contributed by atoms with van der Waals surface area (Å²) in [4.78, 5) is 18.0. The van der Waals surface area contributed by atoms with Gasteiger partial charge in [-0.1, -0.05) is 54.6 Å². The van der Waals surface area contributed by atoms with Crippen molar-refractivity contribution < 1.29 is 22.4 Å². The second-order valence-electron chi connectivity index (χ2n) is 9.69. The zero-order valence-electron chi connectivity index (χ0n) is 20.9. The molecule has 0 atom stereocenters. The van der Waals surface area contributed by atoms with Crippen molar-refractivity contribution in [1.82, 2.24) is 20.0 Å². The van der Waals surface area contributed by atoms with Crippen LogP contribution in [0.4, 0.5) is 13.2 Å². The Bertz CT molecular complexity index is 1290. The van der Waals surface area contributed by atoms with Crippen LogP contribution in [-0.2, 0) is 24.1 Å². The van der Waals surface area contributed by atoms with Crippen molar-refractivity contribution in [1.29, 1.82) is 0 Å². The first-order chi connectivity index (χ1) is 18.4. The van der Waals surface area contributed by atoms with Gasteiger partial charge in [-0.05, 0) is 68.1 Å². The topological polar surface area (TPSA) is 62.5 Å². The van der Waals surface area contributed by atoms with Crippen molar-refractivity contribution in [2.45, 2.75) is 44.9 Å². The highest BCUT2D eigenvalue weighted by molar-refractivity contribution is 5.81. The van der Waals surface area contributed by atoms with Gasteiger partial charge in [0.1, 0.15) is 0 Å². The lowest BCUT2D eigenvalue weighted by molar-refractivity contribution is -0.157. The minimum Gasteiger partial charge on any atom is -0.413 e. The van der Waals surface area contributed by atoms with Crippen LogP contribution in [-0.4, -0.2) is 39.0 Å². The van der Waals surface area contributed by atoms with Crippen LogP contribution in [0.5, 0.6) is 0 Å². The highest BCUT2D eigenvalue weighted by Crippen LogP contribution is 2.31. The van der Waals surface area contributed by atoms with E-state index in [1.807, 2.05) is 35.3 Å². The molecule has 0 bridgehead atoms. The Balaban J connectivity index is 1.26. The fourth-order valence-electron chi connectivity index (χ4n) is 4.93. The number of hydrogen-bond donors (Lipinski definition) is 0. The number of rotatable bonds is 7. The molecule has 1 saturated heterocycles. The molecule has 1 fully saturated rings. The summed E-state index contributed by atoms with van der Waals surface area (Å²) in [5, 5.41) is 6.60. The van der Waals surface area contributed by atoms with Gasteiger partial charge >= 0.3 is 12.1 Å². The van der Waals surface area contributed by atoms with Crippen molar-refractivity contribution in [2.24, 2.45) is 5.92 Å². The number of allylic oxidation sites excluding steroid dienone is 4. The van der Waals surface area contributed by atoms with Crippen molar-refractivity contribution in [3.63, 3.8) is 0 Å². The molecule has 38 heavy (non-hydrogen) atoms. The third-order valence-electron chi connectivity index (χ3n) is 7.00. The Labute approximate surface area is 219 Å². The molecule has 3 aromatic rings. The number of carbonyl (C=O) groups is 1. The summed E-state index contributed by atoms with van der Waals surface area (Å²) in [7, 11) is 0. The van der Waals surface area contributed by atoms with Crippen LogP contribution in [0.25, 0.3) is 11.5 Å². The number of likely N-dealkylation sites (tertiary alicyclic amines) is 1. The summed E-state index contributed by atoms with van der Waals surface area (Å²) in [5.74, 6) is -1.49. The maximum Gasteiger partial charge on any atom is 0.470 e. The number of hydrogen-bond acceptors (Lipinski definition) is 5. The zero-order valence-corrected chi connectivity index (χ0v) is 20.9. The number of piperidine rings is 1. The molecule has 198 valence electrons. The van der Waals surface area contributed by atoms with Crippen LogP contribution in [0.15, 0.2) is 82.9 Å². The van der Waals surface area contributed by atoms with Crippen molar-refractivity contribution in [3.8, 4) is 11.5 Å². The molecule has 1 aliphatic carbocycles. The summed E-state index contributed by atoms with van der Waals surface area (Å²) < 4.78 is 43.2. The molecular formula is C29H29F3N4O2. The van der Waals surface area contributed by atoms with E-state index in [9.17, 15) is 18.0 Å². The summed E-state index contributed by atoms with van der Waals surface area (Å²) in [6.07, 6.45) is 4.66. The van der Waals surface area contributed by atoms with Crippen LogP contribution in [0, 0.1) is 5.92 Å².